The average Bonchev–Trinajstić information content (AvgIpc) is 2.58. The predicted octanol–water partition coefficient (Wildman–Crippen LogP) is 1.39. The van der Waals surface area contributed by atoms with Crippen molar-refractivity contribution in [1.82, 2.24) is 5.32 Å². The lowest BCUT2D eigenvalue weighted by molar-refractivity contribution is -0.145. The molecule has 0 bridgehead atoms. The number of methoxy groups -OCH3 is 1. The van der Waals surface area contributed by atoms with Crippen LogP contribution < -0.4 is 10.1 Å². The molecule has 102 valence electrons. The molecular weight excluding hydrogens is 246 g/mol. The highest BCUT2D eigenvalue weighted by Gasteiger charge is 2.51. The Labute approximate surface area is 111 Å². The first-order valence-corrected chi connectivity index (χ1v) is 6.05. The molecule has 1 amide bonds. The Bertz CT molecular complexity index is 507. The normalized spacial score (nSPS) is 24.9. The second kappa shape index (κ2) is 4.57. The van der Waals surface area contributed by atoms with Crippen LogP contribution in [-0.4, -0.2) is 29.6 Å². The number of carboxylic acid groups (broad SMARTS) is 1. The fourth-order valence-electron chi connectivity index (χ4n) is 2.72. The van der Waals surface area contributed by atoms with Gasteiger partial charge in [-0.25, -0.2) is 0 Å². The van der Waals surface area contributed by atoms with E-state index in [1.807, 2.05) is 26.0 Å². The van der Waals surface area contributed by atoms with Gasteiger partial charge in [-0.15, -0.1) is 0 Å². The Morgan fingerprint density at radius 3 is 2.37 bits per heavy atom. The highest BCUT2D eigenvalue weighted by Crippen LogP contribution is 2.40. The standard InChI is InChI=1S/C14H17NO4/c1-14(2)11(10(13(17)18)12(16)15-14)8-4-6-9(19-3)7-5-8/h4-7,10-11H,1-3H3,(H,15,16)(H,17,18)/t10-,11-/m1/s1. The molecule has 1 aromatic carbocycles. The maximum atomic E-state index is 11.8. The van der Waals surface area contributed by atoms with E-state index in [1.54, 1.807) is 19.2 Å². The molecule has 0 aromatic heterocycles. The van der Waals surface area contributed by atoms with E-state index < -0.39 is 29.3 Å². The van der Waals surface area contributed by atoms with Crippen LogP contribution in [0.3, 0.4) is 0 Å². The van der Waals surface area contributed by atoms with Crippen LogP contribution in [0, 0.1) is 5.92 Å². The number of benzene rings is 1. The zero-order valence-electron chi connectivity index (χ0n) is 11.1. The van der Waals surface area contributed by atoms with Gasteiger partial charge >= 0.3 is 5.97 Å². The number of aliphatic carboxylic acids is 1. The number of hydrogen-bond acceptors (Lipinski definition) is 3. The van der Waals surface area contributed by atoms with Crippen LogP contribution in [0.5, 0.6) is 5.75 Å². The third-order valence-corrected chi connectivity index (χ3v) is 3.58. The summed E-state index contributed by atoms with van der Waals surface area (Å²) in [5.74, 6) is -2.28. The Morgan fingerprint density at radius 1 is 1.32 bits per heavy atom. The summed E-state index contributed by atoms with van der Waals surface area (Å²) in [5.41, 5.74) is 0.228. The van der Waals surface area contributed by atoms with Crippen LogP contribution >= 0.6 is 0 Å². The molecule has 1 aromatic rings. The Balaban J connectivity index is 2.43. The van der Waals surface area contributed by atoms with Gasteiger partial charge in [-0.3, -0.25) is 9.59 Å². The maximum Gasteiger partial charge on any atom is 0.316 e. The van der Waals surface area contributed by atoms with E-state index in [9.17, 15) is 14.7 Å². The van der Waals surface area contributed by atoms with Crippen molar-refractivity contribution in [3.05, 3.63) is 29.8 Å². The van der Waals surface area contributed by atoms with Crippen LogP contribution in [-0.2, 0) is 9.59 Å². The van der Waals surface area contributed by atoms with Gasteiger partial charge in [0.05, 0.1) is 7.11 Å². The molecule has 5 heteroatoms. The Kier molecular flexibility index (Phi) is 3.22. The van der Waals surface area contributed by atoms with E-state index >= 15 is 0 Å². The molecule has 2 N–H and O–H groups in total. The third kappa shape index (κ3) is 2.28. The summed E-state index contributed by atoms with van der Waals surface area (Å²) in [5, 5.41) is 12.0. The first kappa shape index (κ1) is 13.4. The summed E-state index contributed by atoms with van der Waals surface area (Å²) in [6.07, 6.45) is 0. The predicted molar refractivity (Wildman–Crippen MR) is 69.1 cm³/mol. The van der Waals surface area contributed by atoms with Gasteiger partial charge in [-0.1, -0.05) is 12.1 Å². The van der Waals surface area contributed by atoms with Gasteiger partial charge in [0.2, 0.25) is 5.91 Å². The lowest BCUT2D eigenvalue weighted by atomic mass is 9.77. The summed E-state index contributed by atoms with van der Waals surface area (Å²) in [4.78, 5) is 23.1. The van der Waals surface area contributed by atoms with Crippen molar-refractivity contribution in [2.24, 2.45) is 5.92 Å². The van der Waals surface area contributed by atoms with Gasteiger partial charge in [0.1, 0.15) is 11.7 Å². The highest BCUT2D eigenvalue weighted by molar-refractivity contribution is 6.00. The quantitative estimate of drug-likeness (QED) is 0.808. The monoisotopic (exact) mass is 263 g/mol. The third-order valence-electron chi connectivity index (χ3n) is 3.58. The topological polar surface area (TPSA) is 75.6 Å². The van der Waals surface area contributed by atoms with Gasteiger partial charge in [0.25, 0.3) is 0 Å². The van der Waals surface area contributed by atoms with Crippen molar-refractivity contribution in [2.75, 3.05) is 7.11 Å². The van der Waals surface area contributed by atoms with E-state index in [4.69, 9.17) is 4.74 Å². The fourth-order valence-corrected chi connectivity index (χ4v) is 2.72. The number of amides is 1. The summed E-state index contributed by atoms with van der Waals surface area (Å²) < 4.78 is 5.08. The Morgan fingerprint density at radius 2 is 1.89 bits per heavy atom. The molecule has 1 heterocycles. The lowest BCUT2D eigenvalue weighted by Gasteiger charge is -2.28. The highest BCUT2D eigenvalue weighted by atomic mass is 16.5. The number of nitrogens with one attached hydrogen (secondary N) is 1. The van der Waals surface area contributed by atoms with Crippen molar-refractivity contribution < 1.29 is 19.4 Å². The van der Waals surface area contributed by atoms with E-state index in [0.29, 0.717) is 5.75 Å². The molecule has 0 aliphatic carbocycles. The summed E-state index contributed by atoms with van der Waals surface area (Å²) in [6.45, 7) is 3.67. The first-order valence-electron chi connectivity index (χ1n) is 6.05. The molecule has 2 atom stereocenters. The molecule has 0 radical (unpaired) electrons. The Hall–Kier alpha value is -2.04. The van der Waals surface area contributed by atoms with Crippen LogP contribution in [0.2, 0.25) is 0 Å². The second-order valence-electron chi connectivity index (χ2n) is 5.28. The van der Waals surface area contributed by atoms with Crippen LogP contribution in [0.15, 0.2) is 24.3 Å². The molecule has 1 saturated heterocycles. The molecule has 2 rings (SSSR count). The molecule has 5 nitrogen and oxygen atoms in total. The minimum Gasteiger partial charge on any atom is -0.497 e. The van der Waals surface area contributed by atoms with E-state index in [1.165, 1.54) is 0 Å². The number of carbonyl (C=O) groups excluding carboxylic acids is 1. The van der Waals surface area contributed by atoms with E-state index in [-0.39, 0.29) is 0 Å². The molecule has 19 heavy (non-hydrogen) atoms. The van der Waals surface area contributed by atoms with Crippen LogP contribution in [0.4, 0.5) is 0 Å². The summed E-state index contributed by atoms with van der Waals surface area (Å²) in [7, 11) is 1.57. The minimum atomic E-state index is -1.09. The average molecular weight is 263 g/mol. The number of carbonyl (C=O) groups is 2. The number of carboxylic acids is 1. The van der Waals surface area contributed by atoms with Crippen LogP contribution in [0.25, 0.3) is 0 Å². The summed E-state index contributed by atoms with van der Waals surface area (Å²) in [6, 6.07) is 7.16. The molecular formula is C14H17NO4. The fraction of sp³-hybridized carbons (Fsp3) is 0.429. The van der Waals surface area contributed by atoms with Gasteiger partial charge in [0, 0.05) is 11.5 Å². The van der Waals surface area contributed by atoms with Gasteiger partial charge < -0.3 is 15.2 Å². The minimum absolute atomic E-state index is 0.400. The van der Waals surface area contributed by atoms with Crippen molar-refractivity contribution in [3.8, 4) is 5.75 Å². The molecule has 0 spiro atoms. The zero-order valence-corrected chi connectivity index (χ0v) is 11.1. The smallest absolute Gasteiger partial charge is 0.316 e. The van der Waals surface area contributed by atoms with Gasteiger partial charge in [-0.05, 0) is 31.5 Å². The lowest BCUT2D eigenvalue weighted by Crippen LogP contribution is -2.38. The summed E-state index contributed by atoms with van der Waals surface area (Å²) >= 11 is 0. The van der Waals surface area contributed by atoms with E-state index in [0.717, 1.165) is 5.56 Å². The molecule has 0 saturated carbocycles. The molecule has 1 fully saturated rings. The molecule has 1 aliphatic rings. The van der Waals surface area contributed by atoms with Crippen molar-refractivity contribution in [3.63, 3.8) is 0 Å². The number of rotatable bonds is 3. The van der Waals surface area contributed by atoms with Gasteiger partial charge in [0.15, 0.2) is 0 Å². The van der Waals surface area contributed by atoms with Crippen molar-refractivity contribution in [1.29, 1.82) is 0 Å². The maximum absolute atomic E-state index is 11.8. The van der Waals surface area contributed by atoms with Crippen LogP contribution in [0.1, 0.15) is 25.3 Å². The second-order valence-corrected chi connectivity index (χ2v) is 5.28. The van der Waals surface area contributed by atoms with Crippen molar-refractivity contribution >= 4 is 11.9 Å². The number of hydrogen-bond donors (Lipinski definition) is 2. The largest absolute Gasteiger partial charge is 0.497 e. The first-order chi connectivity index (χ1) is 8.86. The van der Waals surface area contributed by atoms with Gasteiger partial charge in [-0.2, -0.15) is 0 Å². The zero-order chi connectivity index (χ0) is 14.2. The van der Waals surface area contributed by atoms with E-state index in [2.05, 4.69) is 5.32 Å². The molecule has 1 aliphatic heterocycles. The van der Waals surface area contributed by atoms with Crippen molar-refractivity contribution in [2.45, 2.75) is 25.3 Å². The molecule has 0 unspecified atom stereocenters. The number of ether oxygens (including phenoxy) is 1. The SMILES string of the molecule is COc1ccc([C@@H]2[C@@H](C(=O)O)C(=O)NC2(C)C)cc1.